The Kier molecular flexibility index (Phi) is 5.49. The first kappa shape index (κ1) is 14.9. The van der Waals surface area contributed by atoms with E-state index in [9.17, 15) is 0 Å². The molecule has 2 aromatic carbocycles. The van der Waals surface area contributed by atoms with E-state index in [2.05, 4.69) is 24.3 Å². The second kappa shape index (κ2) is 7.35. The molecule has 0 aliphatic heterocycles. The Hall–Kier alpha value is -1.47. The van der Waals surface area contributed by atoms with Crippen LogP contribution in [0.25, 0.3) is 0 Å². The molecule has 0 radical (unpaired) electrons. The molecule has 0 aliphatic carbocycles. The van der Waals surface area contributed by atoms with Crippen LogP contribution >= 0.6 is 11.6 Å². The first-order valence-electron chi connectivity index (χ1n) is 7.10. The van der Waals surface area contributed by atoms with E-state index >= 15 is 0 Å². The van der Waals surface area contributed by atoms with Crippen molar-refractivity contribution in [1.29, 1.82) is 0 Å². The molecule has 0 heterocycles. The van der Waals surface area contributed by atoms with Crippen LogP contribution in [0.2, 0.25) is 0 Å². The molecule has 2 heteroatoms. The van der Waals surface area contributed by atoms with Gasteiger partial charge in [0, 0.05) is 0 Å². The van der Waals surface area contributed by atoms with Crippen LogP contribution in [0.1, 0.15) is 36.8 Å². The third-order valence-corrected chi connectivity index (χ3v) is 3.61. The molecule has 20 heavy (non-hydrogen) atoms. The van der Waals surface area contributed by atoms with E-state index in [1.165, 1.54) is 11.1 Å². The second-order valence-electron chi connectivity index (χ2n) is 5.23. The van der Waals surface area contributed by atoms with Gasteiger partial charge in [0.25, 0.3) is 0 Å². The standard InChI is InChI=1S/C18H21ClO/c1-14(2)20-17-11-8-15(9-12-17)10-13-18(19)16-6-4-3-5-7-16/h3-9,11-12,14,18H,10,13H2,1-2H3. The van der Waals surface area contributed by atoms with Crippen LogP contribution in [0.15, 0.2) is 54.6 Å². The van der Waals surface area contributed by atoms with Crippen LogP contribution in [0.5, 0.6) is 5.75 Å². The summed E-state index contributed by atoms with van der Waals surface area (Å²) in [5.41, 5.74) is 2.48. The lowest BCUT2D eigenvalue weighted by Crippen LogP contribution is -2.05. The summed E-state index contributed by atoms with van der Waals surface area (Å²) in [6.07, 6.45) is 2.13. The predicted molar refractivity (Wildman–Crippen MR) is 85.6 cm³/mol. The molecule has 0 spiro atoms. The SMILES string of the molecule is CC(C)Oc1ccc(CCC(Cl)c2ccccc2)cc1. The van der Waals surface area contributed by atoms with Crippen molar-refractivity contribution in [1.82, 2.24) is 0 Å². The van der Waals surface area contributed by atoms with Gasteiger partial charge in [-0.15, -0.1) is 11.6 Å². The summed E-state index contributed by atoms with van der Waals surface area (Å²) in [4.78, 5) is 0. The average molecular weight is 289 g/mol. The minimum absolute atomic E-state index is 0.0720. The van der Waals surface area contributed by atoms with Crippen molar-refractivity contribution in [3.8, 4) is 5.75 Å². The Morgan fingerprint density at radius 1 is 0.950 bits per heavy atom. The number of halogens is 1. The number of ether oxygens (including phenoxy) is 1. The highest BCUT2D eigenvalue weighted by Crippen LogP contribution is 2.26. The van der Waals surface area contributed by atoms with Gasteiger partial charge in [-0.3, -0.25) is 0 Å². The van der Waals surface area contributed by atoms with E-state index in [1.807, 2.05) is 44.2 Å². The normalized spacial score (nSPS) is 12.4. The number of hydrogen-bond acceptors (Lipinski definition) is 1. The molecule has 1 unspecified atom stereocenters. The summed E-state index contributed by atoms with van der Waals surface area (Å²) < 4.78 is 5.64. The van der Waals surface area contributed by atoms with Gasteiger partial charge in [-0.2, -0.15) is 0 Å². The molecule has 2 aromatic rings. The topological polar surface area (TPSA) is 9.23 Å². The number of alkyl halides is 1. The fourth-order valence-corrected chi connectivity index (χ4v) is 2.38. The Morgan fingerprint density at radius 2 is 1.60 bits per heavy atom. The van der Waals surface area contributed by atoms with Gasteiger partial charge < -0.3 is 4.74 Å². The lowest BCUT2D eigenvalue weighted by atomic mass is 10.0. The van der Waals surface area contributed by atoms with Gasteiger partial charge in [-0.1, -0.05) is 42.5 Å². The number of hydrogen-bond donors (Lipinski definition) is 0. The Morgan fingerprint density at radius 3 is 2.20 bits per heavy atom. The maximum absolute atomic E-state index is 6.43. The zero-order valence-electron chi connectivity index (χ0n) is 12.1. The van der Waals surface area contributed by atoms with Gasteiger partial charge in [0.2, 0.25) is 0 Å². The number of aryl methyl sites for hydroxylation is 1. The summed E-state index contributed by atoms with van der Waals surface area (Å²) in [7, 11) is 0. The highest BCUT2D eigenvalue weighted by molar-refractivity contribution is 6.20. The van der Waals surface area contributed by atoms with Crippen molar-refractivity contribution in [2.45, 2.75) is 38.2 Å². The summed E-state index contributed by atoms with van der Waals surface area (Å²) >= 11 is 6.43. The quantitative estimate of drug-likeness (QED) is 0.648. The molecule has 1 nitrogen and oxygen atoms in total. The van der Waals surface area contributed by atoms with Crippen molar-refractivity contribution in [3.63, 3.8) is 0 Å². The van der Waals surface area contributed by atoms with Gasteiger partial charge in [-0.25, -0.2) is 0 Å². The maximum Gasteiger partial charge on any atom is 0.119 e. The van der Waals surface area contributed by atoms with Crippen LogP contribution < -0.4 is 4.74 Å². The molecule has 0 fully saturated rings. The lowest BCUT2D eigenvalue weighted by molar-refractivity contribution is 0.242. The monoisotopic (exact) mass is 288 g/mol. The Labute approximate surface area is 126 Å². The van der Waals surface area contributed by atoms with Crippen molar-refractivity contribution in [3.05, 3.63) is 65.7 Å². The van der Waals surface area contributed by atoms with E-state index in [-0.39, 0.29) is 11.5 Å². The molecule has 0 saturated carbocycles. The fraction of sp³-hybridized carbons (Fsp3) is 0.333. The summed E-state index contributed by atoms with van der Waals surface area (Å²) in [5.74, 6) is 0.925. The molecule has 0 aromatic heterocycles. The van der Waals surface area contributed by atoms with Gasteiger partial charge in [0.15, 0.2) is 0 Å². The van der Waals surface area contributed by atoms with Gasteiger partial charge in [0.1, 0.15) is 5.75 Å². The van der Waals surface area contributed by atoms with Crippen molar-refractivity contribution >= 4 is 11.6 Å². The third kappa shape index (κ3) is 4.57. The Balaban J connectivity index is 1.88. The summed E-state index contributed by atoms with van der Waals surface area (Å²) in [5, 5.41) is 0.0720. The van der Waals surface area contributed by atoms with E-state index in [1.54, 1.807) is 0 Å². The minimum atomic E-state index is 0.0720. The second-order valence-corrected chi connectivity index (χ2v) is 5.75. The van der Waals surface area contributed by atoms with Crippen molar-refractivity contribution in [2.24, 2.45) is 0 Å². The summed E-state index contributed by atoms with van der Waals surface area (Å²) in [6.45, 7) is 4.07. The molecule has 0 N–H and O–H groups in total. The zero-order valence-corrected chi connectivity index (χ0v) is 12.8. The van der Waals surface area contributed by atoms with Crippen LogP contribution in [0.4, 0.5) is 0 Å². The van der Waals surface area contributed by atoms with Gasteiger partial charge >= 0.3 is 0 Å². The summed E-state index contributed by atoms with van der Waals surface area (Å²) in [6, 6.07) is 18.5. The maximum atomic E-state index is 6.43. The lowest BCUT2D eigenvalue weighted by Gasteiger charge is -2.11. The minimum Gasteiger partial charge on any atom is -0.491 e. The number of benzene rings is 2. The number of rotatable bonds is 6. The molecule has 106 valence electrons. The first-order chi connectivity index (χ1) is 9.65. The van der Waals surface area contributed by atoms with Crippen LogP contribution in [-0.4, -0.2) is 6.10 Å². The largest absolute Gasteiger partial charge is 0.491 e. The molecule has 2 rings (SSSR count). The zero-order chi connectivity index (χ0) is 14.4. The van der Waals surface area contributed by atoms with Crippen molar-refractivity contribution in [2.75, 3.05) is 0 Å². The molecular formula is C18H21ClO. The van der Waals surface area contributed by atoms with Crippen LogP contribution in [0, 0.1) is 0 Å². The average Bonchev–Trinajstić information content (AvgIpc) is 2.46. The van der Waals surface area contributed by atoms with Gasteiger partial charge in [0.05, 0.1) is 11.5 Å². The molecule has 0 amide bonds. The van der Waals surface area contributed by atoms with E-state index in [0.717, 1.165) is 18.6 Å². The van der Waals surface area contributed by atoms with Crippen LogP contribution in [0.3, 0.4) is 0 Å². The molecular weight excluding hydrogens is 268 g/mol. The molecule has 0 bridgehead atoms. The molecule has 0 saturated heterocycles. The van der Waals surface area contributed by atoms with E-state index < -0.39 is 0 Å². The highest BCUT2D eigenvalue weighted by Gasteiger charge is 2.07. The predicted octanol–water partition coefficient (Wildman–Crippen LogP) is 5.39. The highest BCUT2D eigenvalue weighted by atomic mass is 35.5. The van der Waals surface area contributed by atoms with E-state index in [4.69, 9.17) is 16.3 Å². The van der Waals surface area contributed by atoms with Gasteiger partial charge in [-0.05, 0) is 49.9 Å². The molecule has 1 atom stereocenters. The smallest absolute Gasteiger partial charge is 0.119 e. The van der Waals surface area contributed by atoms with E-state index in [0.29, 0.717) is 0 Å². The van der Waals surface area contributed by atoms with Crippen LogP contribution in [-0.2, 0) is 6.42 Å². The first-order valence-corrected chi connectivity index (χ1v) is 7.53. The fourth-order valence-electron chi connectivity index (χ4n) is 2.13. The third-order valence-electron chi connectivity index (χ3n) is 3.14. The Bertz CT molecular complexity index is 505. The molecule has 0 aliphatic rings. The van der Waals surface area contributed by atoms with Crippen molar-refractivity contribution < 1.29 is 4.74 Å².